The van der Waals surface area contributed by atoms with Crippen molar-refractivity contribution in [1.82, 2.24) is 18.3 Å². The number of nitrogens with zero attached hydrogens (tertiary/aromatic N) is 6. The lowest BCUT2D eigenvalue weighted by Gasteiger charge is -2.18. The van der Waals surface area contributed by atoms with E-state index in [0.717, 1.165) is 99.6 Å². The fourth-order valence-electron chi connectivity index (χ4n) is 12.0. The highest BCUT2D eigenvalue weighted by molar-refractivity contribution is 6.15. The fourth-order valence-corrected chi connectivity index (χ4v) is 12.0. The Morgan fingerprint density at radius 3 is 0.919 bits per heavy atom. The second kappa shape index (κ2) is 16.1. The predicted molar refractivity (Wildman–Crippen MR) is 304 cm³/mol. The Hall–Kier alpha value is -10.4. The van der Waals surface area contributed by atoms with Crippen molar-refractivity contribution in [3.05, 3.63) is 254 Å². The standard InChI is InChI=1S/C68H40N6/c69-41-47-39-67(73-61-25-13-9-21-53(61)57-35-43(29-33-63(57)73)45-27-31-55-51-19-7-11-23-59(51)71(65(55)37-45)49-15-3-1-4-16-49)68(40-48(47)42-70)74-62-26-14-10-22-54(62)58-36-44(30-34-64(58)74)46-28-32-56-52-20-8-12-24-60(52)72(66(56)38-46)50-17-5-2-6-18-50/h1-40H. The molecule has 0 atom stereocenters. The summed E-state index contributed by atoms with van der Waals surface area (Å²) < 4.78 is 9.27. The topological polar surface area (TPSA) is 67.3 Å². The van der Waals surface area contributed by atoms with E-state index in [1.165, 1.54) is 32.6 Å². The van der Waals surface area contributed by atoms with Crippen LogP contribution in [0.1, 0.15) is 11.1 Å². The largest absolute Gasteiger partial charge is 0.309 e. The number of hydrogen-bond donors (Lipinski definition) is 0. The summed E-state index contributed by atoms with van der Waals surface area (Å²) in [6, 6.07) is 91.0. The van der Waals surface area contributed by atoms with Crippen molar-refractivity contribution in [2.45, 2.75) is 0 Å². The minimum Gasteiger partial charge on any atom is -0.309 e. The maximum Gasteiger partial charge on any atom is 0.101 e. The summed E-state index contributed by atoms with van der Waals surface area (Å²) in [7, 11) is 0. The van der Waals surface area contributed by atoms with Crippen LogP contribution in [0, 0.1) is 22.7 Å². The van der Waals surface area contributed by atoms with Gasteiger partial charge in [0.15, 0.2) is 0 Å². The molecule has 0 aliphatic heterocycles. The average Bonchev–Trinajstić information content (AvgIpc) is 4.20. The molecule has 0 bridgehead atoms. The number of rotatable bonds is 6. The van der Waals surface area contributed by atoms with Crippen LogP contribution in [0.15, 0.2) is 243 Å². The molecule has 0 radical (unpaired) electrons. The molecule has 0 aliphatic carbocycles. The maximum absolute atomic E-state index is 10.6. The monoisotopic (exact) mass is 940 g/mol. The van der Waals surface area contributed by atoms with Crippen LogP contribution in [0.3, 0.4) is 0 Å². The molecule has 0 N–H and O–H groups in total. The van der Waals surface area contributed by atoms with Gasteiger partial charge in [-0.2, -0.15) is 10.5 Å². The van der Waals surface area contributed by atoms with Crippen LogP contribution in [0.4, 0.5) is 0 Å². The number of nitriles is 2. The van der Waals surface area contributed by atoms with Crippen molar-refractivity contribution < 1.29 is 0 Å². The van der Waals surface area contributed by atoms with Gasteiger partial charge in [-0.15, -0.1) is 0 Å². The van der Waals surface area contributed by atoms with Crippen LogP contribution >= 0.6 is 0 Å². The lowest BCUT2D eigenvalue weighted by molar-refractivity contribution is 1.09. The molecular formula is C68H40N6. The van der Waals surface area contributed by atoms with Gasteiger partial charge in [-0.1, -0.05) is 146 Å². The first-order chi connectivity index (χ1) is 36.6. The van der Waals surface area contributed by atoms with Gasteiger partial charge in [0.25, 0.3) is 0 Å². The Kier molecular flexibility index (Phi) is 8.99. The van der Waals surface area contributed by atoms with Gasteiger partial charge < -0.3 is 18.3 Å². The summed E-state index contributed by atoms with van der Waals surface area (Å²) in [6.45, 7) is 0. The molecule has 0 saturated carbocycles. The second-order valence-electron chi connectivity index (χ2n) is 19.1. The second-order valence-corrected chi connectivity index (χ2v) is 19.1. The summed E-state index contributed by atoms with van der Waals surface area (Å²) in [5.41, 5.74) is 17.6. The Labute approximate surface area is 424 Å². The molecule has 15 aromatic rings. The van der Waals surface area contributed by atoms with Gasteiger partial charge in [0.1, 0.15) is 12.1 Å². The zero-order valence-corrected chi connectivity index (χ0v) is 39.8. The molecule has 11 aromatic carbocycles. The van der Waals surface area contributed by atoms with Gasteiger partial charge in [0.2, 0.25) is 0 Å². The van der Waals surface area contributed by atoms with Gasteiger partial charge in [-0.05, 0) is 119 Å². The fraction of sp³-hybridized carbons (Fsp3) is 0. The lowest BCUT2D eigenvalue weighted by atomic mass is 10.0. The number of benzene rings is 11. The van der Waals surface area contributed by atoms with Crippen LogP contribution in [0.5, 0.6) is 0 Å². The van der Waals surface area contributed by atoms with Gasteiger partial charge >= 0.3 is 0 Å². The van der Waals surface area contributed by atoms with Crippen molar-refractivity contribution >= 4 is 87.2 Å². The number of fused-ring (bicyclic) bond motifs is 12. The summed E-state index contributed by atoms with van der Waals surface area (Å²) in [4.78, 5) is 0. The van der Waals surface area contributed by atoms with Gasteiger partial charge in [-0.3, -0.25) is 0 Å². The molecule has 4 aromatic heterocycles. The third-order valence-electron chi connectivity index (χ3n) is 15.2. The highest BCUT2D eigenvalue weighted by Crippen LogP contribution is 2.43. The maximum atomic E-state index is 10.6. The molecule has 74 heavy (non-hydrogen) atoms. The molecule has 15 rings (SSSR count). The molecule has 0 amide bonds. The Morgan fingerprint density at radius 1 is 0.230 bits per heavy atom. The summed E-state index contributed by atoms with van der Waals surface area (Å²) in [5.74, 6) is 0. The molecule has 0 spiro atoms. The zero-order valence-electron chi connectivity index (χ0n) is 39.8. The summed E-state index contributed by atoms with van der Waals surface area (Å²) in [6.07, 6.45) is 0. The van der Waals surface area contributed by atoms with E-state index in [-0.39, 0.29) is 0 Å². The van der Waals surface area contributed by atoms with Gasteiger partial charge in [0.05, 0.1) is 66.6 Å². The number of para-hydroxylation sites is 6. The van der Waals surface area contributed by atoms with Crippen molar-refractivity contribution in [2.24, 2.45) is 0 Å². The van der Waals surface area contributed by atoms with E-state index in [4.69, 9.17) is 0 Å². The first kappa shape index (κ1) is 41.4. The van der Waals surface area contributed by atoms with Crippen LogP contribution in [-0.2, 0) is 0 Å². The Balaban J connectivity index is 0.925. The van der Waals surface area contributed by atoms with E-state index < -0.39 is 0 Å². The highest BCUT2D eigenvalue weighted by Gasteiger charge is 2.23. The van der Waals surface area contributed by atoms with Crippen molar-refractivity contribution in [3.63, 3.8) is 0 Å². The number of hydrogen-bond acceptors (Lipinski definition) is 2. The minimum atomic E-state index is 0.322. The van der Waals surface area contributed by atoms with Crippen molar-refractivity contribution in [3.8, 4) is 57.1 Å². The smallest absolute Gasteiger partial charge is 0.101 e. The van der Waals surface area contributed by atoms with E-state index in [1.54, 1.807) is 0 Å². The Morgan fingerprint density at radius 2 is 0.527 bits per heavy atom. The SMILES string of the molecule is N#Cc1cc(-n2c3ccccc3c3cc(-c4ccc5c6ccccc6n(-c6ccccc6)c5c4)ccc32)c(-n2c3ccccc3c3cc(-c4ccc5c6ccccc6n(-c6ccccc6)c5c4)ccc32)cc1C#N. The third kappa shape index (κ3) is 6.04. The first-order valence-corrected chi connectivity index (χ1v) is 24.9. The first-order valence-electron chi connectivity index (χ1n) is 24.9. The Bertz CT molecular complexity index is 4600. The summed E-state index contributed by atoms with van der Waals surface area (Å²) >= 11 is 0. The van der Waals surface area contributed by atoms with E-state index in [1.807, 2.05) is 12.1 Å². The lowest BCUT2D eigenvalue weighted by Crippen LogP contribution is -2.05. The molecular weight excluding hydrogens is 901 g/mol. The highest BCUT2D eigenvalue weighted by atomic mass is 15.1. The molecule has 4 heterocycles. The zero-order chi connectivity index (χ0) is 49.0. The van der Waals surface area contributed by atoms with Crippen LogP contribution in [0.2, 0.25) is 0 Å². The molecule has 0 saturated heterocycles. The van der Waals surface area contributed by atoms with Crippen molar-refractivity contribution in [1.29, 1.82) is 10.5 Å². The summed E-state index contributed by atoms with van der Waals surface area (Å²) in [5, 5.41) is 30.5. The molecule has 0 fully saturated rings. The molecule has 6 heteroatoms. The molecule has 342 valence electrons. The van der Waals surface area contributed by atoms with Gasteiger partial charge in [0, 0.05) is 54.5 Å². The normalized spacial score (nSPS) is 11.8. The van der Waals surface area contributed by atoms with Crippen molar-refractivity contribution in [2.75, 3.05) is 0 Å². The van der Waals surface area contributed by atoms with E-state index >= 15 is 0 Å². The number of aromatic nitrogens is 4. The minimum absolute atomic E-state index is 0.322. The molecule has 0 aliphatic rings. The van der Waals surface area contributed by atoms with E-state index in [2.05, 4.69) is 261 Å². The van der Waals surface area contributed by atoms with Crippen LogP contribution in [0.25, 0.3) is 132 Å². The van der Waals surface area contributed by atoms with E-state index in [9.17, 15) is 10.5 Å². The van der Waals surface area contributed by atoms with E-state index in [0.29, 0.717) is 11.1 Å². The third-order valence-corrected chi connectivity index (χ3v) is 15.2. The van der Waals surface area contributed by atoms with Crippen LogP contribution in [-0.4, -0.2) is 18.3 Å². The molecule has 6 nitrogen and oxygen atoms in total. The van der Waals surface area contributed by atoms with Crippen LogP contribution < -0.4 is 0 Å². The predicted octanol–water partition coefficient (Wildman–Crippen LogP) is 17.2. The van der Waals surface area contributed by atoms with Gasteiger partial charge in [-0.25, -0.2) is 0 Å². The average molecular weight is 941 g/mol. The quantitative estimate of drug-likeness (QED) is 0.167. The molecule has 0 unspecified atom stereocenters.